The maximum absolute atomic E-state index is 13.0. The smallest absolute Gasteiger partial charge is 0.265 e. The Morgan fingerprint density at radius 3 is 2.88 bits per heavy atom. The molecule has 3 rings (SSSR count). The summed E-state index contributed by atoms with van der Waals surface area (Å²) in [5, 5.41) is 0.866. The van der Waals surface area contributed by atoms with Crippen LogP contribution in [0.2, 0.25) is 0 Å². The molecule has 0 spiro atoms. The number of amides is 1. The van der Waals surface area contributed by atoms with E-state index in [4.69, 9.17) is 4.74 Å². The first kappa shape index (κ1) is 17.0. The van der Waals surface area contributed by atoms with Crippen molar-refractivity contribution in [3.8, 4) is 0 Å². The van der Waals surface area contributed by atoms with Crippen molar-refractivity contribution in [2.75, 3.05) is 26.3 Å². The lowest BCUT2D eigenvalue weighted by Gasteiger charge is -2.22. The average molecular weight is 348 g/mol. The minimum atomic E-state index is -0.247. The monoisotopic (exact) mass is 348 g/mol. The van der Waals surface area contributed by atoms with Crippen molar-refractivity contribution in [2.24, 2.45) is 5.92 Å². The first-order valence-corrected chi connectivity index (χ1v) is 9.03. The summed E-state index contributed by atoms with van der Waals surface area (Å²) in [6.45, 7) is 4.94. The van der Waals surface area contributed by atoms with Crippen molar-refractivity contribution in [3.05, 3.63) is 51.7 Å². The van der Waals surface area contributed by atoms with E-state index in [1.807, 2.05) is 11.8 Å². The van der Waals surface area contributed by atoms with Gasteiger partial charge < -0.3 is 9.64 Å². The van der Waals surface area contributed by atoms with E-state index in [0.717, 1.165) is 36.8 Å². The number of benzene rings is 1. The molecule has 1 aliphatic rings. The third-order valence-corrected chi connectivity index (χ3v) is 5.19. The van der Waals surface area contributed by atoms with Gasteiger partial charge in [0, 0.05) is 32.0 Å². The zero-order valence-corrected chi connectivity index (χ0v) is 14.5. The molecule has 0 saturated carbocycles. The molecule has 1 aromatic carbocycles. The number of halogens is 1. The molecule has 4 nitrogen and oxygen atoms in total. The zero-order chi connectivity index (χ0) is 16.9. The lowest BCUT2D eigenvalue weighted by atomic mass is 10.1. The Labute approximate surface area is 145 Å². The standard InChI is InChI=1S/C18H21FN2O2S/c1-2-21(11-14-7-8-23-12-14)18(22)16-10-20-17(24-16)9-13-3-5-15(19)6-4-13/h3-6,10,14H,2,7-9,11-12H2,1H3. The van der Waals surface area contributed by atoms with E-state index >= 15 is 0 Å². The second-order valence-corrected chi connectivity index (χ2v) is 7.11. The topological polar surface area (TPSA) is 42.4 Å². The molecule has 24 heavy (non-hydrogen) atoms. The Morgan fingerprint density at radius 1 is 1.42 bits per heavy atom. The Hall–Kier alpha value is -1.79. The van der Waals surface area contributed by atoms with Crippen molar-refractivity contribution in [3.63, 3.8) is 0 Å². The molecular formula is C18H21FN2O2S. The quantitative estimate of drug-likeness (QED) is 0.804. The highest BCUT2D eigenvalue weighted by molar-refractivity contribution is 7.13. The van der Waals surface area contributed by atoms with E-state index in [2.05, 4.69) is 4.98 Å². The minimum absolute atomic E-state index is 0.0345. The van der Waals surface area contributed by atoms with Crippen LogP contribution < -0.4 is 0 Å². The van der Waals surface area contributed by atoms with Gasteiger partial charge in [-0.1, -0.05) is 12.1 Å². The molecule has 1 amide bonds. The molecule has 1 fully saturated rings. The van der Waals surface area contributed by atoms with Crippen LogP contribution in [0.25, 0.3) is 0 Å². The van der Waals surface area contributed by atoms with E-state index < -0.39 is 0 Å². The van der Waals surface area contributed by atoms with Crippen molar-refractivity contribution in [1.82, 2.24) is 9.88 Å². The number of carbonyl (C=O) groups is 1. The van der Waals surface area contributed by atoms with Crippen LogP contribution in [0.1, 0.15) is 33.6 Å². The van der Waals surface area contributed by atoms with Crippen molar-refractivity contribution in [2.45, 2.75) is 19.8 Å². The first-order chi connectivity index (χ1) is 11.7. The van der Waals surface area contributed by atoms with E-state index in [1.54, 1.807) is 18.3 Å². The van der Waals surface area contributed by atoms with Gasteiger partial charge in [0.2, 0.25) is 0 Å². The van der Waals surface area contributed by atoms with Gasteiger partial charge in [0.25, 0.3) is 5.91 Å². The molecule has 1 unspecified atom stereocenters. The molecule has 6 heteroatoms. The van der Waals surface area contributed by atoms with Gasteiger partial charge in [0.15, 0.2) is 0 Å². The van der Waals surface area contributed by atoms with Crippen LogP contribution in [-0.2, 0) is 11.2 Å². The second-order valence-electron chi connectivity index (χ2n) is 5.99. The van der Waals surface area contributed by atoms with Crippen LogP contribution in [-0.4, -0.2) is 42.1 Å². The number of nitrogens with zero attached hydrogens (tertiary/aromatic N) is 2. The van der Waals surface area contributed by atoms with Gasteiger partial charge in [0.05, 0.1) is 17.8 Å². The van der Waals surface area contributed by atoms with Crippen LogP contribution in [0.5, 0.6) is 0 Å². The molecule has 1 aromatic heterocycles. The number of hydrogen-bond donors (Lipinski definition) is 0. The maximum Gasteiger partial charge on any atom is 0.265 e. The van der Waals surface area contributed by atoms with Gasteiger partial charge in [0.1, 0.15) is 10.7 Å². The van der Waals surface area contributed by atoms with Crippen molar-refractivity contribution in [1.29, 1.82) is 0 Å². The predicted molar refractivity (Wildman–Crippen MR) is 91.8 cm³/mol. The molecule has 0 N–H and O–H groups in total. The Kier molecular flexibility index (Phi) is 5.58. The Bertz CT molecular complexity index is 681. The van der Waals surface area contributed by atoms with Gasteiger partial charge in [-0.05, 0) is 31.0 Å². The van der Waals surface area contributed by atoms with Gasteiger partial charge in [-0.15, -0.1) is 11.3 Å². The number of rotatable bonds is 6. The Morgan fingerprint density at radius 2 is 2.21 bits per heavy atom. The number of aromatic nitrogens is 1. The van der Waals surface area contributed by atoms with Gasteiger partial charge >= 0.3 is 0 Å². The molecule has 2 heterocycles. The van der Waals surface area contributed by atoms with Crippen LogP contribution in [0.4, 0.5) is 4.39 Å². The Balaban J connectivity index is 1.64. The molecule has 0 radical (unpaired) electrons. The molecule has 0 bridgehead atoms. The number of carbonyl (C=O) groups excluding carboxylic acids is 1. The van der Waals surface area contributed by atoms with Crippen LogP contribution in [0, 0.1) is 11.7 Å². The third kappa shape index (κ3) is 4.19. The highest BCUT2D eigenvalue weighted by atomic mass is 32.1. The van der Waals surface area contributed by atoms with Crippen LogP contribution >= 0.6 is 11.3 Å². The molecule has 1 atom stereocenters. The second kappa shape index (κ2) is 7.85. The molecule has 0 aliphatic carbocycles. The van der Waals surface area contributed by atoms with Gasteiger partial charge in [-0.2, -0.15) is 0 Å². The lowest BCUT2D eigenvalue weighted by molar-refractivity contribution is 0.0735. The van der Waals surface area contributed by atoms with Gasteiger partial charge in [-0.3, -0.25) is 4.79 Å². The fourth-order valence-electron chi connectivity index (χ4n) is 2.82. The average Bonchev–Trinajstić information content (AvgIpc) is 3.26. The summed E-state index contributed by atoms with van der Waals surface area (Å²) in [5.74, 6) is 0.219. The summed E-state index contributed by atoms with van der Waals surface area (Å²) in [7, 11) is 0. The normalized spacial score (nSPS) is 17.2. The summed E-state index contributed by atoms with van der Waals surface area (Å²) >= 11 is 1.41. The van der Waals surface area contributed by atoms with Crippen molar-refractivity contribution >= 4 is 17.2 Å². The summed E-state index contributed by atoms with van der Waals surface area (Å²) in [4.78, 5) is 19.6. The highest BCUT2D eigenvalue weighted by Crippen LogP contribution is 2.21. The summed E-state index contributed by atoms with van der Waals surface area (Å²) < 4.78 is 18.4. The summed E-state index contributed by atoms with van der Waals surface area (Å²) in [6, 6.07) is 6.38. The lowest BCUT2D eigenvalue weighted by Crippen LogP contribution is -2.35. The van der Waals surface area contributed by atoms with E-state index in [9.17, 15) is 9.18 Å². The molecular weight excluding hydrogens is 327 g/mol. The first-order valence-electron chi connectivity index (χ1n) is 8.22. The number of thiazole rings is 1. The fourth-order valence-corrected chi connectivity index (χ4v) is 3.74. The largest absolute Gasteiger partial charge is 0.381 e. The van der Waals surface area contributed by atoms with E-state index in [0.29, 0.717) is 23.8 Å². The summed E-state index contributed by atoms with van der Waals surface area (Å²) in [5.41, 5.74) is 0.986. The predicted octanol–water partition coefficient (Wildman–Crippen LogP) is 3.37. The minimum Gasteiger partial charge on any atom is -0.381 e. The fraction of sp³-hybridized carbons (Fsp3) is 0.444. The highest BCUT2D eigenvalue weighted by Gasteiger charge is 2.23. The SMILES string of the molecule is CCN(CC1CCOC1)C(=O)c1cnc(Cc2ccc(F)cc2)s1. The molecule has 128 valence electrons. The van der Waals surface area contributed by atoms with E-state index in [-0.39, 0.29) is 11.7 Å². The molecule has 1 saturated heterocycles. The van der Waals surface area contributed by atoms with Crippen LogP contribution in [0.15, 0.2) is 30.5 Å². The summed E-state index contributed by atoms with van der Waals surface area (Å²) in [6.07, 6.45) is 3.28. The third-order valence-electron chi connectivity index (χ3n) is 4.20. The van der Waals surface area contributed by atoms with E-state index in [1.165, 1.54) is 23.5 Å². The molecule has 2 aromatic rings. The zero-order valence-electron chi connectivity index (χ0n) is 13.7. The van der Waals surface area contributed by atoms with Crippen LogP contribution in [0.3, 0.4) is 0 Å². The van der Waals surface area contributed by atoms with Crippen molar-refractivity contribution < 1.29 is 13.9 Å². The number of hydrogen-bond acceptors (Lipinski definition) is 4. The maximum atomic E-state index is 13.0. The molecule has 1 aliphatic heterocycles. The number of ether oxygens (including phenoxy) is 1. The van der Waals surface area contributed by atoms with Gasteiger partial charge in [-0.25, -0.2) is 9.37 Å².